The molecule has 2 rings (SSSR count). The van der Waals surface area contributed by atoms with Crippen molar-refractivity contribution < 1.29 is 18.3 Å². The molecule has 1 N–H and O–H groups in total. The maximum atomic E-state index is 13.3. The van der Waals surface area contributed by atoms with Gasteiger partial charge in [0.05, 0.1) is 13.2 Å². The molecule has 0 aromatic heterocycles. The third kappa shape index (κ3) is 6.02. The van der Waals surface area contributed by atoms with Crippen LogP contribution in [0.5, 0.6) is 5.75 Å². The molecule has 2 aromatic rings. The summed E-state index contributed by atoms with van der Waals surface area (Å²) in [6.07, 6.45) is 0.576. The number of amides is 1. The molecular formula is C22H28F2N2O2. The van der Waals surface area contributed by atoms with E-state index in [1.54, 1.807) is 7.11 Å². The number of aryl methyl sites for hydroxylation is 1. The lowest BCUT2D eigenvalue weighted by Gasteiger charge is -2.30. The Morgan fingerprint density at radius 2 is 1.86 bits per heavy atom. The highest BCUT2D eigenvalue weighted by molar-refractivity contribution is 5.76. The molecule has 1 amide bonds. The topological polar surface area (TPSA) is 41.6 Å². The second-order valence-electron chi connectivity index (χ2n) is 6.57. The van der Waals surface area contributed by atoms with Crippen molar-refractivity contribution in [1.29, 1.82) is 0 Å². The highest BCUT2D eigenvalue weighted by Crippen LogP contribution is 2.24. The van der Waals surface area contributed by atoms with Gasteiger partial charge in [0.25, 0.3) is 0 Å². The number of nitrogens with zero attached hydrogens (tertiary/aromatic N) is 1. The highest BCUT2D eigenvalue weighted by Gasteiger charge is 2.19. The van der Waals surface area contributed by atoms with Crippen molar-refractivity contribution in [1.82, 2.24) is 10.2 Å². The van der Waals surface area contributed by atoms with Crippen LogP contribution in [0.15, 0.2) is 42.5 Å². The van der Waals surface area contributed by atoms with Gasteiger partial charge in [-0.3, -0.25) is 9.69 Å². The molecule has 152 valence electrons. The number of halogens is 2. The highest BCUT2D eigenvalue weighted by atomic mass is 19.2. The number of likely N-dealkylation sites (N-methyl/N-ethyl adjacent to an activating group) is 1. The van der Waals surface area contributed by atoms with Crippen LogP contribution in [0.25, 0.3) is 0 Å². The first-order valence-electron chi connectivity index (χ1n) is 9.57. The molecule has 1 atom stereocenters. The van der Waals surface area contributed by atoms with Crippen LogP contribution in [0.2, 0.25) is 0 Å². The molecule has 0 aliphatic heterocycles. The Kier molecular flexibility index (Phi) is 8.39. The van der Waals surface area contributed by atoms with Crippen molar-refractivity contribution in [2.75, 3.05) is 26.7 Å². The van der Waals surface area contributed by atoms with E-state index in [0.717, 1.165) is 36.5 Å². The van der Waals surface area contributed by atoms with Crippen molar-refractivity contribution in [2.45, 2.75) is 32.7 Å². The van der Waals surface area contributed by atoms with Crippen LogP contribution in [0.4, 0.5) is 8.78 Å². The van der Waals surface area contributed by atoms with Crippen LogP contribution in [0.3, 0.4) is 0 Å². The fraction of sp³-hybridized carbons (Fsp3) is 0.409. The van der Waals surface area contributed by atoms with E-state index in [2.05, 4.69) is 24.1 Å². The lowest BCUT2D eigenvalue weighted by atomic mass is 10.0. The number of hydrogen-bond acceptors (Lipinski definition) is 3. The Hall–Kier alpha value is -2.47. The van der Waals surface area contributed by atoms with E-state index in [4.69, 9.17) is 4.74 Å². The summed E-state index contributed by atoms with van der Waals surface area (Å²) in [5.41, 5.74) is 1.67. The Balaban J connectivity index is 1.99. The largest absolute Gasteiger partial charge is 0.497 e. The van der Waals surface area contributed by atoms with E-state index in [1.807, 2.05) is 24.3 Å². The van der Waals surface area contributed by atoms with Gasteiger partial charge in [-0.15, -0.1) is 0 Å². The van der Waals surface area contributed by atoms with Gasteiger partial charge in [-0.1, -0.05) is 32.0 Å². The zero-order valence-electron chi connectivity index (χ0n) is 16.7. The van der Waals surface area contributed by atoms with Crippen molar-refractivity contribution in [2.24, 2.45) is 0 Å². The Morgan fingerprint density at radius 3 is 2.50 bits per heavy atom. The lowest BCUT2D eigenvalue weighted by Crippen LogP contribution is -2.38. The summed E-state index contributed by atoms with van der Waals surface area (Å²) < 4.78 is 31.6. The van der Waals surface area contributed by atoms with Gasteiger partial charge in [0.15, 0.2) is 11.6 Å². The number of ether oxygens (including phenoxy) is 1. The van der Waals surface area contributed by atoms with Crippen molar-refractivity contribution in [3.8, 4) is 5.75 Å². The molecule has 0 heterocycles. The molecule has 28 heavy (non-hydrogen) atoms. The van der Waals surface area contributed by atoms with E-state index in [1.165, 1.54) is 6.07 Å². The zero-order valence-corrected chi connectivity index (χ0v) is 16.7. The molecule has 2 aromatic carbocycles. The number of hydrogen-bond donors (Lipinski definition) is 1. The lowest BCUT2D eigenvalue weighted by molar-refractivity contribution is -0.121. The molecule has 0 aliphatic carbocycles. The molecule has 4 nitrogen and oxygen atoms in total. The maximum Gasteiger partial charge on any atom is 0.220 e. The van der Waals surface area contributed by atoms with Gasteiger partial charge in [0.1, 0.15) is 5.75 Å². The summed E-state index contributed by atoms with van der Waals surface area (Å²) in [6, 6.07) is 11.6. The first kappa shape index (κ1) is 21.8. The van der Waals surface area contributed by atoms with E-state index in [0.29, 0.717) is 18.5 Å². The smallest absolute Gasteiger partial charge is 0.220 e. The molecule has 0 saturated heterocycles. The fourth-order valence-electron chi connectivity index (χ4n) is 3.22. The molecule has 0 radical (unpaired) electrons. The standard InChI is InChI=1S/C22H28F2N2O2/c1-4-26(5-2)21(17-7-6-8-18(14-17)28-3)15-25-22(27)12-10-16-9-11-19(23)20(24)13-16/h6-9,11,13-14,21H,4-5,10,12,15H2,1-3H3,(H,25,27). The molecule has 0 spiro atoms. The van der Waals surface area contributed by atoms with Crippen LogP contribution < -0.4 is 10.1 Å². The van der Waals surface area contributed by atoms with Gasteiger partial charge in [-0.2, -0.15) is 0 Å². The zero-order chi connectivity index (χ0) is 20.5. The second kappa shape index (κ2) is 10.8. The molecule has 1 unspecified atom stereocenters. The number of benzene rings is 2. The second-order valence-corrected chi connectivity index (χ2v) is 6.57. The van der Waals surface area contributed by atoms with E-state index < -0.39 is 11.6 Å². The van der Waals surface area contributed by atoms with E-state index in [9.17, 15) is 13.6 Å². The minimum absolute atomic E-state index is 0.0253. The van der Waals surface area contributed by atoms with Crippen molar-refractivity contribution in [3.63, 3.8) is 0 Å². The normalized spacial score (nSPS) is 12.1. The summed E-state index contributed by atoms with van der Waals surface area (Å²) in [5, 5.41) is 2.97. The first-order valence-corrected chi connectivity index (χ1v) is 9.57. The number of carbonyl (C=O) groups is 1. The van der Waals surface area contributed by atoms with E-state index >= 15 is 0 Å². The minimum atomic E-state index is -0.891. The van der Waals surface area contributed by atoms with Crippen LogP contribution in [0.1, 0.15) is 37.4 Å². The number of methoxy groups -OCH3 is 1. The van der Waals surface area contributed by atoms with Crippen LogP contribution >= 0.6 is 0 Å². The Bertz CT molecular complexity index is 779. The van der Waals surface area contributed by atoms with Crippen LogP contribution in [-0.2, 0) is 11.2 Å². The van der Waals surface area contributed by atoms with Gasteiger partial charge in [-0.05, 0) is 54.9 Å². The predicted molar refractivity (Wildman–Crippen MR) is 106 cm³/mol. The van der Waals surface area contributed by atoms with Crippen LogP contribution in [0, 0.1) is 11.6 Å². The molecule has 0 fully saturated rings. The van der Waals surface area contributed by atoms with Gasteiger partial charge >= 0.3 is 0 Å². The summed E-state index contributed by atoms with van der Waals surface area (Å²) in [4.78, 5) is 14.6. The third-order valence-electron chi connectivity index (χ3n) is 4.85. The SMILES string of the molecule is CCN(CC)C(CNC(=O)CCc1ccc(F)c(F)c1)c1cccc(OC)c1. The monoisotopic (exact) mass is 390 g/mol. The number of carbonyl (C=O) groups excluding carboxylic acids is 1. The summed E-state index contributed by atoms with van der Waals surface area (Å²) in [7, 11) is 1.63. The summed E-state index contributed by atoms with van der Waals surface area (Å²) in [6.45, 7) is 6.33. The maximum absolute atomic E-state index is 13.3. The fourth-order valence-corrected chi connectivity index (χ4v) is 3.22. The summed E-state index contributed by atoms with van der Waals surface area (Å²) in [5.74, 6) is -1.12. The first-order chi connectivity index (χ1) is 13.5. The summed E-state index contributed by atoms with van der Waals surface area (Å²) >= 11 is 0. The average Bonchev–Trinajstić information content (AvgIpc) is 2.72. The predicted octanol–water partition coefficient (Wildman–Crippen LogP) is 4.11. The average molecular weight is 390 g/mol. The molecular weight excluding hydrogens is 362 g/mol. The van der Waals surface area contributed by atoms with Gasteiger partial charge in [0.2, 0.25) is 5.91 Å². The van der Waals surface area contributed by atoms with Crippen molar-refractivity contribution in [3.05, 3.63) is 65.2 Å². The van der Waals surface area contributed by atoms with Gasteiger partial charge in [0, 0.05) is 13.0 Å². The van der Waals surface area contributed by atoms with Crippen LogP contribution in [-0.4, -0.2) is 37.6 Å². The molecule has 0 saturated carbocycles. The number of rotatable bonds is 10. The molecule has 0 bridgehead atoms. The van der Waals surface area contributed by atoms with E-state index in [-0.39, 0.29) is 18.4 Å². The quantitative estimate of drug-likeness (QED) is 0.664. The Morgan fingerprint density at radius 1 is 1.11 bits per heavy atom. The van der Waals surface area contributed by atoms with Crippen molar-refractivity contribution >= 4 is 5.91 Å². The third-order valence-corrected chi connectivity index (χ3v) is 4.85. The molecule has 6 heteroatoms. The van der Waals surface area contributed by atoms with Gasteiger partial charge < -0.3 is 10.1 Å². The Labute approximate surface area is 165 Å². The minimum Gasteiger partial charge on any atom is -0.497 e. The van der Waals surface area contributed by atoms with Gasteiger partial charge in [-0.25, -0.2) is 8.78 Å². The number of nitrogens with one attached hydrogen (secondary N) is 1. The molecule has 0 aliphatic rings.